The van der Waals surface area contributed by atoms with E-state index in [0.717, 1.165) is 25.7 Å². The third-order valence-electron chi connectivity index (χ3n) is 7.04. The second-order valence-corrected chi connectivity index (χ2v) is 10.1. The van der Waals surface area contributed by atoms with Gasteiger partial charge in [-0.3, -0.25) is 4.79 Å². The molecule has 0 aliphatic heterocycles. The number of ketones is 1. The minimum atomic E-state index is -1.26. The van der Waals surface area contributed by atoms with E-state index in [1.54, 1.807) is 0 Å². The fraction of sp³-hybridized carbons (Fsp3) is 0.556. The van der Waals surface area contributed by atoms with E-state index in [4.69, 9.17) is 20.8 Å². The van der Waals surface area contributed by atoms with Crippen molar-refractivity contribution in [2.24, 2.45) is 22.2 Å². The average Bonchev–Trinajstić information content (AvgIpc) is 2.77. The summed E-state index contributed by atoms with van der Waals surface area (Å²) in [5.74, 6) is -1.73. The quantitative estimate of drug-likeness (QED) is 0.218. The molecule has 2 aliphatic carbocycles. The maximum atomic E-state index is 13.3. The average molecular weight is 487 g/mol. The van der Waals surface area contributed by atoms with Crippen LogP contribution in [0.5, 0.6) is 0 Å². The Kier molecular flexibility index (Phi) is 9.77. The van der Waals surface area contributed by atoms with E-state index in [1.807, 2.05) is 6.21 Å². The van der Waals surface area contributed by atoms with Crippen molar-refractivity contribution in [3.63, 3.8) is 0 Å². The molecule has 192 valence electrons. The molecule has 0 unspecified atom stereocenters. The van der Waals surface area contributed by atoms with Gasteiger partial charge in [0.2, 0.25) is 0 Å². The summed E-state index contributed by atoms with van der Waals surface area (Å²) in [7, 11) is 0. The number of rotatable bonds is 8. The third-order valence-corrected chi connectivity index (χ3v) is 7.04. The Balaban J connectivity index is 0.000000466. The van der Waals surface area contributed by atoms with Crippen molar-refractivity contribution in [2.75, 3.05) is 13.2 Å². The Labute approximate surface area is 207 Å². The van der Waals surface area contributed by atoms with E-state index < -0.39 is 11.9 Å². The molecule has 4 N–H and O–H groups in total. The van der Waals surface area contributed by atoms with Crippen molar-refractivity contribution in [1.29, 1.82) is 0 Å². The van der Waals surface area contributed by atoms with Crippen LogP contribution in [0.3, 0.4) is 0 Å². The lowest BCUT2D eigenvalue weighted by atomic mass is 9.49. The SMILES string of the molecule is CC(C)c1ccc2c(c1)CC(=O)[C@H]1[C@](C)(/C=N/OCCCN)CCC[C@]21C.O=C(O)/C=C/C(=O)O. The predicted molar refractivity (Wildman–Crippen MR) is 135 cm³/mol. The first kappa shape index (κ1) is 28.2. The van der Waals surface area contributed by atoms with Crippen LogP contribution < -0.4 is 5.73 Å². The normalized spacial score (nSPS) is 25.7. The van der Waals surface area contributed by atoms with Crippen LogP contribution in [-0.2, 0) is 31.1 Å². The molecule has 1 saturated carbocycles. The van der Waals surface area contributed by atoms with Crippen LogP contribution >= 0.6 is 0 Å². The summed E-state index contributed by atoms with van der Waals surface area (Å²) in [5.41, 5.74) is 9.01. The smallest absolute Gasteiger partial charge is 0.328 e. The van der Waals surface area contributed by atoms with Crippen LogP contribution in [0.25, 0.3) is 0 Å². The second kappa shape index (κ2) is 12.1. The number of aliphatic carboxylic acids is 2. The van der Waals surface area contributed by atoms with Gasteiger partial charge in [0.25, 0.3) is 0 Å². The van der Waals surface area contributed by atoms with Crippen LogP contribution in [0.4, 0.5) is 0 Å². The molecule has 1 aromatic rings. The number of benzene rings is 1. The number of carbonyl (C=O) groups is 3. The van der Waals surface area contributed by atoms with Gasteiger partial charge < -0.3 is 20.8 Å². The number of hydrogen-bond donors (Lipinski definition) is 3. The minimum Gasteiger partial charge on any atom is -0.478 e. The van der Waals surface area contributed by atoms with Crippen LogP contribution in [0, 0.1) is 11.3 Å². The second-order valence-electron chi connectivity index (χ2n) is 10.1. The Bertz CT molecular complexity index is 970. The Morgan fingerprint density at radius 1 is 1.20 bits per heavy atom. The molecule has 0 bridgehead atoms. The van der Waals surface area contributed by atoms with Gasteiger partial charge >= 0.3 is 11.9 Å². The Morgan fingerprint density at radius 2 is 1.86 bits per heavy atom. The van der Waals surface area contributed by atoms with E-state index in [1.165, 1.54) is 16.7 Å². The van der Waals surface area contributed by atoms with E-state index in [-0.39, 0.29) is 16.7 Å². The van der Waals surface area contributed by atoms with Gasteiger partial charge in [-0.05, 0) is 48.4 Å². The van der Waals surface area contributed by atoms with Crippen molar-refractivity contribution in [1.82, 2.24) is 0 Å². The fourth-order valence-electron chi connectivity index (χ4n) is 5.47. The molecule has 2 aliphatic rings. The molecule has 3 rings (SSSR count). The molecule has 3 atom stereocenters. The summed E-state index contributed by atoms with van der Waals surface area (Å²) in [5, 5.41) is 19.8. The van der Waals surface area contributed by atoms with E-state index in [0.29, 0.717) is 43.4 Å². The molecule has 0 spiro atoms. The van der Waals surface area contributed by atoms with Crippen LogP contribution in [0.15, 0.2) is 35.5 Å². The number of nitrogens with two attached hydrogens (primary N) is 1. The predicted octanol–water partition coefficient (Wildman–Crippen LogP) is 4.06. The number of nitrogens with zero attached hydrogens (tertiary/aromatic N) is 1. The van der Waals surface area contributed by atoms with Gasteiger partial charge in [0.05, 0.1) is 6.21 Å². The highest BCUT2D eigenvalue weighted by molar-refractivity contribution is 5.92. The number of carboxylic acids is 2. The van der Waals surface area contributed by atoms with Gasteiger partial charge in [0, 0.05) is 35.3 Å². The highest BCUT2D eigenvalue weighted by Gasteiger charge is 2.55. The van der Waals surface area contributed by atoms with Crippen molar-refractivity contribution >= 4 is 23.9 Å². The lowest BCUT2D eigenvalue weighted by Gasteiger charge is -2.52. The molecule has 0 aromatic heterocycles. The van der Waals surface area contributed by atoms with Gasteiger partial charge in [-0.1, -0.05) is 57.5 Å². The molecule has 1 aromatic carbocycles. The lowest BCUT2D eigenvalue weighted by molar-refractivity contribution is -0.134. The highest BCUT2D eigenvalue weighted by atomic mass is 16.6. The number of Topliss-reactive ketones (excluding diaryl/α,β-unsaturated/α-hetero) is 1. The van der Waals surface area contributed by atoms with Gasteiger partial charge in [0.15, 0.2) is 0 Å². The Hall–Kier alpha value is -3.00. The van der Waals surface area contributed by atoms with Crippen LogP contribution in [0.2, 0.25) is 0 Å². The number of carbonyl (C=O) groups excluding carboxylic acids is 1. The summed E-state index contributed by atoms with van der Waals surface area (Å²) in [6.07, 6.45) is 7.46. The van der Waals surface area contributed by atoms with Gasteiger partial charge in [-0.25, -0.2) is 9.59 Å². The first-order valence-electron chi connectivity index (χ1n) is 12.1. The molecular weight excluding hydrogens is 448 g/mol. The number of carboxylic acid groups (broad SMARTS) is 2. The number of hydrogen-bond acceptors (Lipinski definition) is 6. The summed E-state index contributed by atoms with van der Waals surface area (Å²) in [4.78, 5) is 37.8. The molecule has 0 amide bonds. The zero-order chi connectivity index (χ0) is 26.2. The van der Waals surface area contributed by atoms with Crippen LogP contribution in [-0.4, -0.2) is 47.3 Å². The minimum absolute atomic E-state index is 0.0435. The molecule has 0 saturated heterocycles. The van der Waals surface area contributed by atoms with Crippen molar-refractivity contribution in [2.45, 2.75) is 71.1 Å². The van der Waals surface area contributed by atoms with E-state index in [9.17, 15) is 14.4 Å². The van der Waals surface area contributed by atoms with Gasteiger partial charge in [-0.2, -0.15) is 0 Å². The first-order chi connectivity index (χ1) is 16.4. The molecule has 8 heteroatoms. The summed E-state index contributed by atoms with van der Waals surface area (Å²) < 4.78 is 0. The molecule has 1 fully saturated rings. The molecule has 0 radical (unpaired) electrons. The highest BCUT2D eigenvalue weighted by Crippen LogP contribution is 2.55. The number of fused-ring (bicyclic) bond motifs is 3. The topological polar surface area (TPSA) is 139 Å². The monoisotopic (exact) mass is 486 g/mol. The van der Waals surface area contributed by atoms with E-state index >= 15 is 0 Å². The van der Waals surface area contributed by atoms with Gasteiger partial charge in [0.1, 0.15) is 12.4 Å². The van der Waals surface area contributed by atoms with Crippen molar-refractivity contribution in [3.05, 3.63) is 47.0 Å². The largest absolute Gasteiger partial charge is 0.478 e. The summed E-state index contributed by atoms with van der Waals surface area (Å²) in [6, 6.07) is 6.79. The molecule has 35 heavy (non-hydrogen) atoms. The van der Waals surface area contributed by atoms with E-state index in [2.05, 4.69) is 51.0 Å². The third kappa shape index (κ3) is 7.01. The maximum absolute atomic E-state index is 13.3. The summed E-state index contributed by atoms with van der Waals surface area (Å²) >= 11 is 0. The lowest BCUT2D eigenvalue weighted by Crippen LogP contribution is -2.54. The fourth-order valence-corrected chi connectivity index (χ4v) is 5.47. The zero-order valence-corrected chi connectivity index (χ0v) is 21.1. The standard InChI is InChI=1S/C23H34N2O2.C4H4O4/c1-16(2)17-7-8-19-18(13-17)14-20(26)21-22(3,9-5-10-23(19,21)4)15-25-27-12-6-11-24;5-3(6)1-2-4(7)8/h7-8,13,15-16,21H,5-6,9-12,14,24H2,1-4H3;1-2H,(H,5,6)(H,7,8)/b25-15+;2-1+/t21-,22-,23+;/m0./s1. The zero-order valence-electron chi connectivity index (χ0n) is 21.1. The summed E-state index contributed by atoms with van der Waals surface area (Å²) in [6.45, 7) is 9.99. The van der Waals surface area contributed by atoms with Crippen molar-refractivity contribution in [3.8, 4) is 0 Å². The number of oxime groups is 1. The molecular formula is C27H38N2O6. The molecule has 0 heterocycles. The first-order valence-corrected chi connectivity index (χ1v) is 12.1. The van der Waals surface area contributed by atoms with Gasteiger partial charge in [-0.15, -0.1) is 0 Å². The molecule has 8 nitrogen and oxygen atoms in total. The van der Waals surface area contributed by atoms with Crippen molar-refractivity contribution < 1.29 is 29.4 Å². The Morgan fingerprint density at radius 3 is 2.43 bits per heavy atom. The maximum Gasteiger partial charge on any atom is 0.328 e. The van der Waals surface area contributed by atoms with Crippen LogP contribution in [0.1, 0.15) is 76.0 Å².